The van der Waals surface area contributed by atoms with Crippen LogP contribution in [0.5, 0.6) is 0 Å². The van der Waals surface area contributed by atoms with E-state index in [-0.39, 0.29) is 11.6 Å². The van der Waals surface area contributed by atoms with Crippen LogP contribution in [0.3, 0.4) is 0 Å². The maximum atomic E-state index is 12.8. The summed E-state index contributed by atoms with van der Waals surface area (Å²) >= 11 is 3.40. The van der Waals surface area contributed by atoms with E-state index < -0.39 is 0 Å². The molecule has 3 aromatic rings. The van der Waals surface area contributed by atoms with Crippen molar-refractivity contribution in [2.45, 2.75) is 0 Å². The standard InChI is InChI=1S/C22H13BrO2/c23-15-7-5-6-14(12-15)21(24)13-20-16-8-1-3-10-18(16)22(25)19-11-4-2-9-17(19)20/h1-13H. The van der Waals surface area contributed by atoms with Gasteiger partial charge in [0.05, 0.1) is 0 Å². The number of allylic oxidation sites excluding steroid dienone is 1. The van der Waals surface area contributed by atoms with Gasteiger partial charge in [0.15, 0.2) is 11.6 Å². The molecule has 0 aromatic heterocycles. The van der Waals surface area contributed by atoms with Crippen molar-refractivity contribution >= 4 is 33.1 Å². The summed E-state index contributed by atoms with van der Waals surface area (Å²) < 4.78 is 0.858. The Morgan fingerprint density at radius 1 is 0.760 bits per heavy atom. The van der Waals surface area contributed by atoms with Crippen molar-refractivity contribution < 1.29 is 9.59 Å². The molecule has 0 spiro atoms. The zero-order chi connectivity index (χ0) is 17.4. The highest BCUT2D eigenvalue weighted by Crippen LogP contribution is 2.35. The summed E-state index contributed by atoms with van der Waals surface area (Å²) in [5.41, 5.74) is 4.26. The molecule has 3 aromatic carbocycles. The molecule has 0 N–H and O–H groups in total. The smallest absolute Gasteiger partial charge is 0.194 e. The summed E-state index contributed by atoms with van der Waals surface area (Å²) in [7, 11) is 0. The van der Waals surface area contributed by atoms with Crippen LogP contribution in [0.2, 0.25) is 0 Å². The summed E-state index contributed by atoms with van der Waals surface area (Å²) in [4.78, 5) is 25.5. The molecule has 4 rings (SSSR count). The predicted octanol–water partition coefficient (Wildman–Crippen LogP) is 5.31. The highest BCUT2D eigenvalue weighted by atomic mass is 79.9. The van der Waals surface area contributed by atoms with Crippen LogP contribution in [-0.4, -0.2) is 11.6 Å². The topological polar surface area (TPSA) is 34.1 Å². The number of fused-ring (bicyclic) bond motifs is 2. The van der Waals surface area contributed by atoms with Gasteiger partial charge < -0.3 is 0 Å². The average molecular weight is 389 g/mol. The molecule has 2 nitrogen and oxygen atoms in total. The Hall–Kier alpha value is -2.78. The zero-order valence-corrected chi connectivity index (χ0v) is 14.8. The number of hydrogen-bond donors (Lipinski definition) is 0. The van der Waals surface area contributed by atoms with Gasteiger partial charge >= 0.3 is 0 Å². The summed E-state index contributed by atoms with van der Waals surface area (Å²) in [6.07, 6.45) is 1.63. The Morgan fingerprint density at radius 2 is 1.32 bits per heavy atom. The third-order valence-corrected chi connectivity index (χ3v) is 4.80. The molecule has 0 unspecified atom stereocenters. The van der Waals surface area contributed by atoms with Gasteiger partial charge in [-0.15, -0.1) is 0 Å². The van der Waals surface area contributed by atoms with Crippen molar-refractivity contribution in [2.75, 3.05) is 0 Å². The van der Waals surface area contributed by atoms with Gasteiger partial charge in [0.1, 0.15) is 0 Å². The zero-order valence-electron chi connectivity index (χ0n) is 13.2. The summed E-state index contributed by atoms with van der Waals surface area (Å²) in [6, 6.07) is 22.2. The Bertz CT molecular complexity index is 996. The average Bonchev–Trinajstić information content (AvgIpc) is 2.65. The van der Waals surface area contributed by atoms with Gasteiger partial charge in [-0.3, -0.25) is 9.59 Å². The number of hydrogen-bond acceptors (Lipinski definition) is 2. The second-order valence-corrected chi connectivity index (χ2v) is 6.77. The molecule has 0 saturated carbocycles. The Kier molecular flexibility index (Phi) is 3.94. The lowest BCUT2D eigenvalue weighted by atomic mass is 9.81. The third kappa shape index (κ3) is 2.77. The van der Waals surface area contributed by atoms with Gasteiger partial charge in [-0.05, 0) is 34.9 Å². The second kappa shape index (κ2) is 6.26. The van der Waals surface area contributed by atoms with Crippen molar-refractivity contribution in [1.82, 2.24) is 0 Å². The number of carbonyl (C=O) groups is 2. The monoisotopic (exact) mass is 388 g/mol. The van der Waals surface area contributed by atoms with Crippen LogP contribution >= 0.6 is 15.9 Å². The molecular weight excluding hydrogens is 376 g/mol. The van der Waals surface area contributed by atoms with Gasteiger partial charge in [-0.2, -0.15) is 0 Å². The molecule has 25 heavy (non-hydrogen) atoms. The van der Waals surface area contributed by atoms with Gasteiger partial charge in [0.2, 0.25) is 0 Å². The predicted molar refractivity (Wildman–Crippen MR) is 102 cm³/mol. The third-order valence-electron chi connectivity index (χ3n) is 4.31. The summed E-state index contributed by atoms with van der Waals surface area (Å²) in [5.74, 6) is -0.0893. The first-order valence-corrected chi connectivity index (χ1v) is 8.69. The van der Waals surface area contributed by atoms with E-state index in [0.29, 0.717) is 16.7 Å². The first-order valence-electron chi connectivity index (χ1n) is 7.90. The van der Waals surface area contributed by atoms with Crippen LogP contribution in [0.1, 0.15) is 37.4 Å². The Labute approximate surface area is 154 Å². The van der Waals surface area contributed by atoms with Crippen LogP contribution in [0.4, 0.5) is 0 Å². The fourth-order valence-corrected chi connectivity index (χ4v) is 3.53. The highest BCUT2D eigenvalue weighted by Gasteiger charge is 2.26. The lowest BCUT2D eigenvalue weighted by Gasteiger charge is -2.21. The first kappa shape index (κ1) is 15.7. The van der Waals surface area contributed by atoms with Crippen molar-refractivity contribution in [3.8, 4) is 0 Å². The normalized spacial score (nSPS) is 12.4. The fourth-order valence-electron chi connectivity index (χ4n) is 3.13. The molecule has 3 heteroatoms. The van der Waals surface area contributed by atoms with E-state index in [1.807, 2.05) is 60.7 Å². The van der Waals surface area contributed by atoms with Crippen LogP contribution in [0.15, 0.2) is 83.3 Å². The van der Waals surface area contributed by atoms with Crippen LogP contribution < -0.4 is 0 Å². The quantitative estimate of drug-likeness (QED) is 0.344. The van der Waals surface area contributed by atoms with E-state index in [2.05, 4.69) is 15.9 Å². The van der Waals surface area contributed by atoms with E-state index in [4.69, 9.17) is 0 Å². The van der Waals surface area contributed by atoms with E-state index in [0.717, 1.165) is 21.2 Å². The highest BCUT2D eigenvalue weighted by molar-refractivity contribution is 9.10. The van der Waals surface area contributed by atoms with E-state index in [9.17, 15) is 9.59 Å². The molecule has 1 aliphatic rings. The van der Waals surface area contributed by atoms with Gasteiger partial charge in [-0.25, -0.2) is 0 Å². The molecule has 0 bridgehead atoms. The van der Waals surface area contributed by atoms with Gasteiger partial charge in [0, 0.05) is 21.2 Å². The van der Waals surface area contributed by atoms with Crippen molar-refractivity contribution in [3.05, 3.63) is 111 Å². The van der Waals surface area contributed by atoms with Crippen molar-refractivity contribution in [2.24, 2.45) is 0 Å². The second-order valence-electron chi connectivity index (χ2n) is 5.85. The molecular formula is C22H13BrO2. The van der Waals surface area contributed by atoms with Crippen molar-refractivity contribution in [3.63, 3.8) is 0 Å². The lowest BCUT2D eigenvalue weighted by molar-refractivity contribution is 0.103. The maximum Gasteiger partial charge on any atom is 0.194 e. The molecule has 1 aliphatic carbocycles. The first-order chi connectivity index (χ1) is 12.1. The molecule has 0 amide bonds. The van der Waals surface area contributed by atoms with E-state index in [1.54, 1.807) is 18.2 Å². The molecule has 0 saturated heterocycles. The number of rotatable bonds is 2. The number of carbonyl (C=O) groups excluding carboxylic acids is 2. The Morgan fingerprint density at radius 3 is 1.88 bits per heavy atom. The number of ketones is 2. The van der Waals surface area contributed by atoms with Crippen LogP contribution in [0, 0.1) is 0 Å². The molecule has 120 valence electrons. The molecule has 0 fully saturated rings. The van der Waals surface area contributed by atoms with E-state index >= 15 is 0 Å². The summed E-state index contributed by atoms with van der Waals surface area (Å²) in [6.45, 7) is 0. The van der Waals surface area contributed by atoms with Crippen LogP contribution in [0.25, 0.3) is 5.57 Å². The Balaban J connectivity index is 1.91. The molecule has 0 heterocycles. The van der Waals surface area contributed by atoms with Crippen LogP contribution in [-0.2, 0) is 0 Å². The maximum absolute atomic E-state index is 12.8. The van der Waals surface area contributed by atoms with E-state index in [1.165, 1.54) is 0 Å². The molecule has 0 radical (unpaired) electrons. The van der Waals surface area contributed by atoms with Crippen molar-refractivity contribution in [1.29, 1.82) is 0 Å². The minimum absolute atomic E-state index is 0.00162. The summed E-state index contributed by atoms with van der Waals surface area (Å²) in [5, 5.41) is 0. The number of halogens is 1. The fraction of sp³-hybridized carbons (Fsp3) is 0. The van der Waals surface area contributed by atoms with Gasteiger partial charge in [-0.1, -0.05) is 76.6 Å². The lowest BCUT2D eigenvalue weighted by Crippen LogP contribution is -2.15. The van der Waals surface area contributed by atoms with Gasteiger partial charge in [0.25, 0.3) is 0 Å². The molecule has 0 atom stereocenters. The minimum Gasteiger partial charge on any atom is -0.289 e. The number of benzene rings is 3. The minimum atomic E-state index is -0.0877. The molecule has 0 aliphatic heterocycles. The largest absolute Gasteiger partial charge is 0.289 e. The SMILES string of the molecule is O=C(C=C1c2ccccc2C(=O)c2ccccc21)c1cccc(Br)c1.